The molecule has 1 aromatic carbocycles. The summed E-state index contributed by atoms with van der Waals surface area (Å²) in [7, 11) is 0. The maximum atomic E-state index is 12.7. The Hall–Kier alpha value is -1.91. The number of hydrogen-bond donors (Lipinski definition) is 2. The number of aromatic nitrogens is 3. The Morgan fingerprint density at radius 3 is 2.85 bits per heavy atom. The van der Waals surface area contributed by atoms with Crippen LogP contribution in [0.5, 0.6) is 0 Å². The van der Waals surface area contributed by atoms with Gasteiger partial charge in [-0.2, -0.15) is 5.10 Å². The van der Waals surface area contributed by atoms with Crippen molar-refractivity contribution in [3.8, 4) is 11.4 Å². The lowest BCUT2D eigenvalue weighted by molar-refractivity contribution is 0.628. The van der Waals surface area contributed by atoms with Crippen LogP contribution in [0.25, 0.3) is 11.4 Å². The number of aromatic amines is 1. The fourth-order valence-corrected chi connectivity index (χ4v) is 1.08. The van der Waals surface area contributed by atoms with Crippen LogP contribution in [0, 0.1) is 5.82 Å². The average molecular weight is 178 g/mol. The van der Waals surface area contributed by atoms with Gasteiger partial charge in [0.1, 0.15) is 12.1 Å². The second-order valence-corrected chi connectivity index (χ2v) is 2.57. The Morgan fingerprint density at radius 2 is 2.23 bits per heavy atom. The van der Waals surface area contributed by atoms with Crippen LogP contribution in [0.4, 0.5) is 10.1 Å². The summed E-state index contributed by atoms with van der Waals surface area (Å²) < 4.78 is 12.7. The first-order chi connectivity index (χ1) is 6.27. The third kappa shape index (κ3) is 1.35. The summed E-state index contributed by atoms with van der Waals surface area (Å²) in [5.74, 6) is 0.179. The topological polar surface area (TPSA) is 67.6 Å². The lowest BCUT2D eigenvalue weighted by Gasteiger charge is -2.00. The number of benzene rings is 1. The van der Waals surface area contributed by atoms with E-state index < -0.39 is 0 Å². The van der Waals surface area contributed by atoms with E-state index in [4.69, 9.17) is 5.73 Å². The zero-order chi connectivity index (χ0) is 9.26. The SMILES string of the molecule is Nc1cc(F)ccc1-c1ncn[nH]1. The monoisotopic (exact) mass is 178 g/mol. The van der Waals surface area contributed by atoms with E-state index in [0.29, 0.717) is 17.1 Å². The van der Waals surface area contributed by atoms with Gasteiger partial charge in [-0.15, -0.1) is 0 Å². The van der Waals surface area contributed by atoms with E-state index in [9.17, 15) is 4.39 Å². The maximum Gasteiger partial charge on any atom is 0.157 e. The van der Waals surface area contributed by atoms with Gasteiger partial charge in [0, 0.05) is 11.3 Å². The summed E-state index contributed by atoms with van der Waals surface area (Å²) in [5, 5.41) is 6.33. The normalized spacial score (nSPS) is 10.2. The minimum atomic E-state index is -0.360. The Morgan fingerprint density at radius 1 is 1.38 bits per heavy atom. The molecular weight excluding hydrogens is 171 g/mol. The van der Waals surface area contributed by atoms with Crippen molar-refractivity contribution in [2.75, 3.05) is 5.73 Å². The van der Waals surface area contributed by atoms with Gasteiger partial charge in [-0.3, -0.25) is 5.10 Å². The molecule has 4 nitrogen and oxygen atoms in total. The predicted octanol–water partition coefficient (Wildman–Crippen LogP) is 1.19. The number of nitrogens with two attached hydrogens (primary N) is 1. The second kappa shape index (κ2) is 2.85. The summed E-state index contributed by atoms with van der Waals surface area (Å²) in [4.78, 5) is 3.91. The number of H-pyrrole nitrogens is 1. The third-order valence-electron chi connectivity index (χ3n) is 1.68. The van der Waals surface area contributed by atoms with Crippen molar-refractivity contribution < 1.29 is 4.39 Å². The van der Waals surface area contributed by atoms with Crippen LogP contribution in [-0.2, 0) is 0 Å². The van der Waals surface area contributed by atoms with Gasteiger partial charge in [-0.05, 0) is 18.2 Å². The second-order valence-electron chi connectivity index (χ2n) is 2.57. The quantitative estimate of drug-likeness (QED) is 0.644. The molecule has 0 unspecified atom stereocenters. The van der Waals surface area contributed by atoms with Gasteiger partial charge in [0.05, 0.1) is 0 Å². The molecule has 0 aliphatic rings. The van der Waals surface area contributed by atoms with Gasteiger partial charge in [0.15, 0.2) is 5.82 Å². The Labute approximate surface area is 73.6 Å². The molecule has 0 amide bonds. The molecule has 1 heterocycles. The van der Waals surface area contributed by atoms with E-state index >= 15 is 0 Å². The minimum Gasteiger partial charge on any atom is -0.398 e. The molecule has 13 heavy (non-hydrogen) atoms. The number of hydrogen-bond acceptors (Lipinski definition) is 3. The number of halogens is 1. The van der Waals surface area contributed by atoms with Crippen LogP contribution < -0.4 is 5.73 Å². The summed E-state index contributed by atoms with van der Waals surface area (Å²) in [6.45, 7) is 0. The summed E-state index contributed by atoms with van der Waals surface area (Å²) in [5.41, 5.74) is 6.58. The highest BCUT2D eigenvalue weighted by Crippen LogP contribution is 2.22. The molecule has 0 spiro atoms. The molecule has 3 N–H and O–H groups in total. The smallest absolute Gasteiger partial charge is 0.157 e. The van der Waals surface area contributed by atoms with Crippen LogP contribution >= 0.6 is 0 Å². The lowest BCUT2D eigenvalue weighted by atomic mass is 10.1. The Kier molecular flexibility index (Phi) is 1.70. The maximum absolute atomic E-state index is 12.7. The van der Waals surface area contributed by atoms with E-state index in [1.807, 2.05) is 0 Å². The van der Waals surface area contributed by atoms with Gasteiger partial charge < -0.3 is 5.73 Å². The summed E-state index contributed by atoms with van der Waals surface area (Å²) in [6.07, 6.45) is 1.37. The number of nitrogens with zero attached hydrogens (tertiary/aromatic N) is 2. The molecule has 5 heteroatoms. The van der Waals surface area contributed by atoms with E-state index in [1.54, 1.807) is 6.07 Å². The highest BCUT2D eigenvalue weighted by atomic mass is 19.1. The van der Waals surface area contributed by atoms with Crippen molar-refractivity contribution in [3.05, 3.63) is 30.3 Å². The van der Waals surface area contributed by atoms with E-state index in [0.717, 1.165) is 0 Å². The first-order valence-corrected chi connectivity index (χ1v) is 3.68. The van der Waals surface area contributed by atoms with Crippen molar-refractivity contribution in [2.24, 2.45) is 0 Å². The van der Waals surface area contributed by atoms with Gasteiger partial charge in [-0.1, -0.05) is 0 Å². The number of rotatable bonds is 1. The molecular formula is C8H7FN4. The fraction of sp³-hybridized carbons (Fsp3) is 0. The first kappa shape index (κ1) is 7.72. The molecule has 1 aromatic heterocycles. The van der Waals surface area contributed by atoms with Crippen molar-refractivity contribution in [1.29, 1.82) is 0 Å². The fourth-order valence-electron chi connectivity index (χ4n) is 1.08. The van der Waals surface area contributed by atoms with Crippen molar-refractivity contribution in [2.45, 2.75) is 0 Å². The third-order valence-corrected chi connectivity index (χ3v) is 1.68. The number of nitrogens with one attached hydrogen (secondary N) is 1. The average Bonchev–Trinajstić information content (AvgIpc) is 2.56. The van der Waals surface area contributed by atoms with Crippen LogP contribution in [0.2, 0.25) is 0 Å². The standard InChI is InChI=1S/C8H7FN4/c9-5-1-2-6(7(10)3-5)8-11-4-12-13-8/h1-4H,10H2,(H,11,12,13). The highest BCUT2D eigenvalue weighted by molar-refractivity contribution is 5.70. The predicted molar refractivity (Wildman–Crippen MR) is 46.2 cm³/mol. The molecule has 0 saturated heterocycles. The molecule has 0 bridgehead atoms. The molecule has 0 saturated carbocycles. The van der Waals surface area contributed by atoms with Crippen LogP contribution in [0.1, 0.15) is 0 Å². The molecule has 0 radical (unpaired) electrons. The van der Waals surface area contributed by atoms with Crippen LogP contribution in [-0.4, -0.2) is 15.2 Å². The van der Waals surface area contributed by atoms with Gasteiger partial charge in [0.2, 0.25) is 0 Å². The summed E-state index contributed by atoms with van der Waals surface area (Å²) in [6, 6.07) is 4.14. The molecule has 2 rings (SSSR count). The number of nitrogen functional groups attached to an aromatic ring is 1. The van der Waals surface area contributed by atoms with E-state index in [1.165, 1.54) is 18.5 Å². The van der Waals surface area contributed by atoms with Gasteiger partial charge in [-0.25, -0.2) is 9.37 Å². The van der Waals surface area contributed by atoms with Gasteiger partial charge >= 0.3 is 0 Å². The molecule has 0 aliphatic heterocycles. The van der Waals surface area contributed by atoms with Crippen molar-refractivity contribution in [3.63, 3.8) is 0 Å². The van der Waals surface area contributed by atoms with Crippen molar-refractivity contribution in [1.82, 2.24) is 15.2 Å². The molecule has 2 aromatic rings. The van der Waals surface area contributed by atoms with Crippen LogP contribution in [0.15, 0.2) is 24.5 Å². The summed E-state index contributed by atoms with van der Waals surface area (Å²) >= 11 is 0. The van der Waals surface area contributed by atoms with E-state index in [2.05, 4.69) is 15.2 Å². The number of anilines is 1. The molecule has 0 fully saturated rings. The van der Waals surface area contributed by atoms with Gasteiger partial charge in [0.25, 0.3) is 0 Å². The lowest BCUT2D eigenvalue weighted by Crippen LogP contribution is -1.92. The van der Waals surface area contributed by atoms with E-state index in [-0.39, 0.29) is 5.82 Å². The van der Waals surface area contributed by atoms with Crippen LogP contribution in [0.3, 0.4) is 0 Å². The molecule has 0 atom stereocenters. The minimum absolute atomic E-state index is 0.344. The van der Waals surface area contributed by atoms with Crippen molar-refractivity contribution >= 4 is 5.69 Å². The zero-order valence-electron chi connectivity index (χ0n) is 6.66. The molecule has 66 valence electrons. The highest BCUT2D eigenvalue weighted by Gasteiger charge is 2.05. The molecule has 0 aliphatic carbocycles. The largest absolute Gasteiger partial charge is 0.398 e. The zero-order valence-corrected chi connectivity index (χ0v) is 6.66. The Balaban J connectivity index is 2.53. The Bertz CT molecular complexity index is 410. The first-order valence-electron chi connectivity index (χ1n) is 3.68.